The van der Waals surface area contributed by atoms with Gasteiger partial charge in [-0.05, 0) is 23.4 Å². The first-order valence-electron chi connectivity index (χ1n) is 4.67. The summed E-state index contributed by atoms with van der Waals surface area (Å²) < 4.78 is 1.08. The highest BCUT2D eigenvalue weighted by atomic mass is 16.6. The molecule has 0 aliphatic carbocycles. The quantitative estimate of drug-likeness (QED) is 0.581. The zero-order valence-electron chi connectivity index (χ0n) is 9.05. The van der Waals surface area contributed by atoms with Crippen molar-refractivity contribution in [3.05, 3.63) is 44.3 Å². The number of aryl methyl sites for hydroxylation is 1. The van der Waals surface area contributed by atoms with E-state index in [0.29, 0.717) is 0 Å². The summed E-state index contributed by atoms with van der Waals surface area (Å²) in [6.45, 7) is 1.48. The van der Waals surface area contributed by atoms with Gasteiger partial charge in [-0.15, -0.1) is 5.10 Å². The second-order valence-corrected chi connectivity index (χ2v) is 3.40. The molecule has 0 atom stereocenters. The second kappa shape index (κ2) is 4.16. The molecule has 18 heavy (non-hydrogen) atoms. The number of hydrogen-bond acceptors (Lipinski definition) is 7. The van der Waals surface area contributed by atoms with E-state index in [-0.39, 0.29) is 16.9 Å². The molecular weight excluding hydrogens is 244 g/mol. The van der Waals surface area contributed by atoms with Gasteiger partial charge in [0.25, 0.3) is 5.69 Å². The van der Waals surface area contributed by atoms with E-state index in [9.17, 15) is 20.2 Å². The number of aromatic nitrogens is 4. The van der Waals surface area contributed by atoms with Crippen LogP contribution < -0.4 is 0 Å². The minimum atomic E-state index is -0.719. The van der Waals surface area contributed by atoms with Crippen molar-refractivity contribution in [3.8, 4) is 5.69 Å². The van der Waals surface area contributed by atoms with Crippen molar-refractivity contribution in [2.45, 2.75) is 6.92 Å². The Balaban J connectivity index is 2.70. The van der Waals surface area contributed by atoms with E-state index in [1.165, 1.54) is 19.3 Å². The van der Waals surface area contributed by atoms with Crippen LogP contribution in [0.1, 0.15) is 5.56 Å². The minimum Gasteiger partial charge on any atom is -0.258 e. The van der Waals surface area contributed by atoms with Crippen LogP contribution in [0.2, 0.25) is 0 Å². The Labute approximate surface area is 99.1 Å². The third kappa shape index (κ3) is 1.86. The molecular formula is C8H6N6O4. The maximum absolute atomic E-state index is 10.9. The Bertz CT molecular complexity index is 623. The minimum absolute atomic E-state index is 0.0769. The molecule has 0 spiro atoms. The number of tetrazole rings is 1. The lowest BCUT2D eigenvalue weighted by Gasteiger charge is -2.03. The van der Waals surface area contributed by atoms with Crippen LogP contribution in [0.3, 0.4) is 0 Å². The summed E-state index contributed by atoms with van der Waals surface area (Å²) in [5, 5.41) is 31.9. The summed E-state index contributed by atoms with van der Waals surface area (Å²) >= 11 is 0. The SMILES string of the molecule is Cc1cc(-n2cnnn2)c([N+](=O)[O-])cc1[N+](=O)[O-]. The van der Waals surface area contributed by atoms with Crippen LogP contribution in [0.25, 0.3) is 5.69 Å². The summed E-state index contributed by atoms with van der Waals surface area (Å²) in [5.74, 6) is 0. The number of hydrogen-bond donors (Lipinski definition) is 0. The average molecular weight is 250 g/mol. The molecule has 0 radical (unpaired) electrons. The third-order valence-electron chi connectivity index (χ3n) is 2.28. The van der Waals surface area contributed by atoms with Crippen molar-refractivity contribution in [3.63, 3.8) is 0 Å². The fourth-order valence-corrected chi connectivity index (χ4v) is 1.47. The number of rotatable bonds is 3. The van der Waals surface area contributed by atoms with Gasteiger partial charge in [-0.1, -0.05) is 0 Å². The van der Waals surface area contributed by atoms with E-state index >= 15 is 0 Å². The van der Waals surface area contributed by atoms with E-state index in [1.54, 1.807) is 0 Å². The van der Waals surface area contributed by atoms with Crippen LogP contribution >= 0.6 is 0 Å². The van der Waals surface area contributed by atoms with E-state index in [1.807, 2.05) is 0 Å². The molecule has 0 aliphatic rings. The fraction of sp³-hybridized carbons (Fsp3) is 0.125. The smallest absolute Gasteiger partial charge is 0.258 e. The lowest BCUT2D eigenvalue weighted by molar-refractivity contribution is -0.394. The first-order chi connectivity index (χ1) is 8.50. The molecule has 1 aromatic heterocycles. The average Bonchev–Trinajstić information content (AvgIpc) is 2.80. The van der Waals surface area contributed by atoms with Gasteiger partial charge in [0.2, 0.25) is 0 Å². The standard InChI is InChI=1S/C8H6N6O4/c1-5-2-7(12-4-9-10-11-12)8(14(17)18)3-6(5)13(15)16/h2-4H,1H3. The Hall–Kier alpha value is -2.91. The lowest BCUT2D eigenvalue weighted by Crippen LogP contribution is -2.03. The zero-order chi connectivity index (χ0) is 13.3. The summed E-state index contributed by atoms with van der Waals surface area (Å²) in [6.07, 6.45) is 1.17. The first-order valence-corrected chi connectivity index (χ1v) is 4.67. The molecule has 2 rings (SSSR count). The predicted molar refractivity (Wildman–Crippen MR) is 57.2 cm³/mol. The van der Waals surface area contributed by atoms with E-state index in [2.05, 4.69) is 15.5 Å². The maximum Gasteiger partial charge on any atom is 0.301 e. The van der Waals surface area contributed by atoms with Gasteiger partial charge in [0.05, 0.1) is 15.9 Å². The summed E-state index contributed by atoms with van der Waals surface area (Å²) in [6, 6.07) is 2.19. The fourth-order valence-electron chi connectivity index (χ4n) is 1.47. The maximum atomic E-state index is 10.9. The van der Waals surface area contributed by atoms with Crippen LogP contribution in [0.5, 0.6) is 0 Å². The van der Waals surface area contributed by atoms with Gasteiger partial charge in [0.15, 0.2) is 0 Å². The zero-order valence-corrected chi connectivity index (χ0v) is 9.05. The van der Waals surface area contributed by atoms with Crippen LogP contribution in [0, 0.1) is 27.2 Å². The van der Waals surface area contributed by atoms with Gasteiger partial charge in [-0.2, -0.15) is 4.68 Å². The highest BCUT2D eigenvalue weighted by Crippen LogP contribution is 2.30. The van der Waals surface area contributed by atoms with Gasteiger partial charge >= 0.3 is 5.69 Å². The molecule has 0 aliphatic heterocycles. The molecule has 0 saturated heterocycles. The van der Waals surface area contributed by atoms with Crippen LogP contribution in [-0.4, -0.2) is 30.1 Å². The van der Waals surface area contributed by atoms with Gasteiger partial charge in [-0.25, -0.2) is 0 Å². The van der Waals surface area contributed by atoms with Gasteiger partial charge in [0.1, 0.15) is 12.0 Å². The Morgan fingerprint density at radius 3 is 2.33 bits per heavy atom. The van der Waals surface area contributed by atoms with Crippen molar-refractivity contribution in [1.29, 1.82) is 0 Å². The topological polar surface area (TPSA) is 130 Å². The third-order valence-corrected chi connectivity index (χ3v) is 2.28. The van der Waals surface area contributed by atoms with Crippen molar-refractivity contribution in [2.24, 2.45) is 0 Å². The van der Waals surface area contributed by atoms with E-state index in [0.717, 1.165) is 10.7 Å². The molecule has 0 N–H and O–H groups in total. The molecule has 0 bridgehead atoms. The molecule has 1 aromatic carbocycles. The summed E-state index contributed by atoms with van der Waals surface area (Å²) in [7, 11) is 0. The number of benzene rings is 1. The molecule has 10 heteroatoms. The second-order valence-electron chi connectivity index (χ2n) is 3.40. The molecule has 1 heterocycles. The van der Waals surface area contributed by atoms with E-state index < -0.39 is 15.5 Å². The molecule has 10 nitrogen and oxygen atoms in total. The molecule has 0 saturated carbocycles. The van der Waals surface area contributed by atoms with Crippen molar-refractivity contribution in [1.82, 2.24) is 20.2 Å². The highest BCUT2D eigenvalue weighted by Gasteiger charge is 2.24. The van der Waals surface area contributed by atoms with Crippen LogP contribution in [0.15, 0.2) is 18.5 Å². The van der Waals surface area contributed by atoms with Crippen molar-refractivity contribution >= 4 is 11.4 Å². The Morgan fingerprint density at radius 2 is 1.83 bits per heavy atom. The highest BCUT2D eigenvalue weighted by molar-refractivity contribution is 5.60. The Morgan fingerprint density at radius 1 is 1.17 bits per heavy atom. The largest absolute Gasteiger partial charge is 0.301 e. The first kappa shape index (κ1) is 11.6. The number of nitro groups is 2. The molecule has 92 valence electrons. The molecule has 0 amide bonds. The lowest BCUT2D eigenvalue weighted by atomic mass is 10.1. The molecule has 2 aromatic rings. The molecule has 0 fully saturated rings. The summed E-state index contributed by atoms with van der Waals surface area (Å²) in [4.78, 5) is 20.2. The monoisotopic (exact) mass is 250 g/mol. The van der Waals surface area contributed by atoms with Gasteiger partial charge in [-0.3, -0.25) is 20.2 Å². The van der Waals surface area contributed by atoms with Gasteiger partial charge < -0.3 is 0 Å². The van der Waals surface area contributed by atoms with Gasteiger partial charge in [0, 0.05) is 5.56 Å². The molecule has 0 unspecified atom stereocenters. The van der Waals surface area contributed by atoms with Crippen LogP contribution in [-0.2, 0) is 0 Å². The predicted octanol–water partition coefficient (Wildman–Crippen LogP) is 0.787. The Kier molecular flexibility index (Phi) is 2.67. The normalized spacial score (nSPS) is 10.3. The van der Waals surface area contributed by atoms with Crippen LogP contribution in [0.4, 0.5) is 11.4 Å². The number of nitro benzene ring substituents is 2. The number of nitrogens with zero attached hydrogens (tertiary/aromatic N) is 6. The van der Waals surface area contributed by atoms with Crippen molar-refractivity contribution in [2.75, 3.05) is 0 Å². The van der Waals surface area contributed by atoms with Crippen molar-refractivity contribution < 1.29 is 9.85 Å². The summed E-state index contributed by atoms with van der Waals surface area (Å²) in [5.41, 5.74) is -0.387. The van der Waals surface area contributed by atoms with E-state index in [4.69, 9.17) is 0 Å².